The van der Waals surface area contributed by atoms with E-state index >= 15 is 0 Å². The summed E-state index contributed by atoms with van der Waals surface area (Å²) in [6.45, 7) is 2.94. The first kappa shape index (κ1) is 13.5. The van der Waals surface area contributed by atoms with E-state index in [1.807, 2.05) is 23.1 Å². The number of carbonyl (C=O) groups is 2. The maximum absolute atomic E-state index is 12.6. The van der Waals surface area contributed by atoms with Crippen molar-refractivity contribution in [2.75, 3.05) is 17.6 Å². The van der Waals surface area contributed by atoms with Crippen LogP contribution in [0.25, 0.3) is 0 Å². The Balaban J connectivity index is 1.85. The van der Waals surface area contributed by atoms with Gasteiger partial charge in [-0.15, -0.1) is 11.8 Å². The molecule has 1 aromatic rings. The first-order chi connectivity index (χ1) is 9.65. The van der Waals surface area contributed by atoms with Crippen molar-refractivity contribution in [3.63, 3.8) is 0 Å². The van der Waals surface area contributed by atoms with Crippen LogP contribution >= 0.6 is 11.8 Å². The zero-order valence-corrected chi connectivity index (χ0v) is 12.3. The van der Waals surface area contributed by atoms with Crippen molar-refractivity contribution in [1.82, 2.24) is 4.90 Å². The number of carbonyl (C=O) groups excluding carboxylic acids is 2. The van der Waals surface area contributed by atoms with Crippen LogP contribution in [-0.4, -0.2) is 35.1 Å². The van der Waals surface area contributed by atoms with Gasteiger partial charge in [-0.25, -0.2) is 0 Å². The molecular weight excluding hydrogens is 272 g/mol. The van der Waals surface area contributed by atoms with Crippen LogP contribution in [-0.2, 0) is 4.79 Å². The molecular formula is C15H18N2O2S. The summed E-state index contributed by atoms with van der Waals surface area (Å²) in [7, 11) is 0. The molecule has 2 heterocycles. The van der Waals surface area contributed by atoms with E-state index in [0.29, 0.717) is 17.4 Å². The van der Waals surface area contributed by atoms with Crippen molar-refractivity contribution in [3.8, 4) is 0 Å². The number of rotatable bonds is 1. The molecule has 1 fully saturated rings. The van der Waals surface area contributed by atoms with Crippen molar-refractivity contribution in [2.24, 2.45) is 0 Å². The summed E-state index contributed by atoms with van der Waals surface area (Å²) in [4.78, 5) is 27.0. The molecule has 2 aliphatic rings. The molecule has 0 saturated carbocycles. The number of benzene rings is 1. The van der Waals surface area contributed by atoms with Crippen LogP contribution in [0.3, 0.4) is 0 Å². The predicted molar refractivity (Wildman–Crippen MR) is 80.1 cm³/mol. The topological polar surface area (TPSA) is 49.4 Å². The molecule has 1 unspecified atom stereocenters. The van der Waals surface area contributed by atoms with Crippen LogP contribution in [0.5, 0.6) is 0 Å². The van der Waals surface area contributed by atoms with Gasteiger partial charge >= 0.3 is 0 Å². The fourth-order valence-corrected chi connectivity index (χ4v) is 3.57. The highest BCUT2D eigenvalue weighted by Gasteiger charge is 2.25. The van der Waals surface area contributed by atoms with E-state index in [-0.39, 0.29) is 11.8 Å². The number of nitrogens with one attached hydrogen (secondary N) is 1. The van der Waals surface area contributed by atoms with E-state index in [9.17, 15) is 9.59 Å². The lowest BCUT2D eigenvalue weighted by atomic mass is 10.0. The number of anilines is 1. The van der Waals surface area contributed by atoms with Gasteiger partial charge in [0, 0.05) is 23.0 Å². The second-order valence-corrected chi connectivity index (χ2v) is 6.41. The third-order valence-electron chi connectivity index (χ3n) is 3.92. The Morgan fingerprint density at radius 2 is 2.25 bits per heavy atom. The minimum Gasteiger partial charge on any atom is -0.336 e. The van der Waals surface area contributed by atoms with Crippen molar-refractivity contribution >= 4 is 29.3 Å². The molecule has 4 nitrogen and oxygen atoms in total. The zero-order chi connectivity index (χ0) is 14.1. The van der Waals surface area contributed by atoms with Crippen molar-refractivity contribution in [3.05, 3.63) is 23.8 Å². The Labute approximate surface area is 122 Å². The molecule has 20 heavy (non-hydrogen) atoms. The number of piperidine rings is 1. The molecule has 1 atom stereocenters. The van der Waals surface area contributed by atoms with Crippen molar-refractivity contribution in [2.45, 2.75) is 37.1 Å². The average molecular weight is 290 g/mol. The lowest BCUT2D eigenvalue weighted by Gasteiger charge is -2.33. The van der Waals surface area contributed by atoms with E-state index in [2.05, 4.69) is 12.2 Å². The Morgan fingerprint density at radius 3 is 3.05 bits per heavy atom. The Hall–Kier alpha value is -1.49. The van der Waals surface area contributed by atoms with Gasteiger partial charge in [0.15, 0.2) is 0 Å². The van der Waals surface area contributed by atoms with Gasteiger partial charge < -0.3 is 10.2 Å². The molecule has 0 aromatic heterocycles. The molecule has 0 aliphatic carbocycles. The predicted octanol–water partition coefficient (Wildman–Crippen LogP) is 2.75. The van der Waals surface area contributed by atoms with Gasteiger partial charge in [0.1, 0.15) is 0 Å². The molecule has 1 N–H and O–H groups in total. The standard InChI is InChI=1S/C15H18N2O2S/c1-10-4-2-3-7-17(10)15(19)11-5-6-13-12(8-11)16-14(18)9-20-13/h5-6,8,10H,2-4,7,9H2,1H3,(H,16,18). The molecule has 0 spiro atoms. The number of amides is 2. The molecule has 0 radical (unpaired) electrons. The van der Waals surface area contributed by atoms with Crippen LogP contribution in [0.4, 0.5) is 5.69 Å². The summed E-state index contributed by atoms with van der Waals surface area (Å²) < 4.78 is 0. The van der Waals surface area contributed by atoms with Gasteiger partial charge in [0.25, 0.3) is 5.91 Å². The largest absolute Gasteiger partial charge is 0.336 e. The maximum Gasteiger partial charge on any atom is 0.254 e. The Morgan fingerprint density at radius 1 is 1.40 bits per heavy atom. The summed E-state index contributed by atoms with van der Waals surface area (Å²) in [5.41, 5.74) is 1.43. The highest BCUT2D eigenvalue weighted by molar-refractivity contribution is 8.00. The first-order valence-electron chi connectivity index (χ1n) is 7.03. The number of likely N-dealkylation sites (tertiary alicyclic amines) is 1. The normalized spacial score (nSPS) is 22.1. The van der Waals surface area contributed by atoms with Gasteiger partial charge in [-0.2, -0.15) is 0 Å². The van der Waals surface area contributed by atoms with E-state index in [1.54, 1.807) is 0 Å². The van der Waals surface area contributed by atoms with E-state index in [4.69, 9.17) is 0 Å². The first-order valence-corrected chi connectivity index (χ1v) is 8.01. The van der Waals surface area contributed by atoms with Crippen molar-refractivity contribution < 1.29 is 9.59 Å². The monoisotopic (exact) mass is 290 g/mol. The summed E-state index contributed by atoms with van der Waals surface area (Å²) >= 11 is 1.52. The lowest BCUT2D eigenvalue weighted by molar-refractivity contribution is -0.113. The minimum absolute atomic E-state index is 0.00144. The third-order valence-corrected chi connectivity index (χ3v) is 5.00. The summed E-state index contributed by atoms with van der Waals surface area (Å²) in [5, 5.41) is 2.84. The Bertz CT molecular complexity index is 559. The average Bonchev–Trinajstić information content (AvgIpc) is 2.46. The van der Waals surface area contributed by atoms with Gasteiger partial charge in [-0.3, -0.25) is 9.59 Å². The second kappa shape index (κ2) is 5.48. The Kier molecular flexibility index (Phi) is 3.70. The number of hydrogen-bond donors (Lipinski definition) is 1. The van der Waals surface area contributed by atoms with E-state index < -0.39 is 0 Å². The molecule has 1 saturated heterocycles. The van der Waals surface area contributed by atoms with Crippen molar-refractivity contribution in [1.29, 1.82) is 0 Å². The maximum atomic E-state index is 12.6. The van der Waals surface area contributed by atoms with Gasteiger partial charge in [-0.1, -0.05) is 0 Å². The summed E-state index contributed by atoms with van der Waals surface area (Å²) in [6, 6.07) is 5.91. The number of thioether (sulfide) groups is 1. The van der Waals surface area contributed by atoms with Gasteiger partial charge in [0.2, 0.25) is 5.91 Å². The molecule has 2 amide bonds. The third kappa shape index (κ3) is 2.54. The molecule has 1 aromatic carbocycles. The van der Waals surface area contributed by atoms with E-state index in [1.165, 1.54) is 18.2 Å². The van der Waals surface area contributed by atoms with Gasteiger partial charge in [-0.05, 0) is 44.4 Å². The van der Waals surface area contributed by atoms with Crippen LogP contribution in [0, 0.1) is 0 Å². The van der Waals surface area contributed by atoms with E-state index in [0.717, 1.165) is 30.0 Å². The van der Waals surface area contributed by atoms with Crippen LogP contribution in [0.1, 0.15) is 36.5 Å². The van der Waals surface area contributed by atoms with Crippen LogP contribution in [0.2, 0.25) is 0 Å². The number of hydrogen-bond acceptors (Lipinski definition) is 3. The summed E-state index contributed by atoms with van der Waals surface area (Å²) in [5.74, 6) is 0.520. The smallest absolute Gasteiger partial charge is 0.254 e. The van der Waals surface area contributed by atoms with Crippen LogP contribution in [0.15, 0.2) is 23.1 Å². The van der Waals surface area contributed by atoms with Gasteiger partial charge in [0.05, 0.1) is 11.4 Å². The second-order valence-electron chi connectivity index (χ2n) is 5.39. The van der Waals surface area contributed by atoms with Crippen LogP contribution < -0.4 is 5.32 Å². The highest BCUT2D eigenvalue weighted by Crippen LogP contribution is 2.32. The molecule has 0 bridgehead atoms. The fourth-order valence-electron chi connectivity index (χ4n) is 2.78. The molecule has 5 heteroatoms. The number of nitrogens with zero attached hydrogens (tertiary/aromatic N) is 1. The highest BCUT2D eigenvalue weighted by atomic mass is 32.2. The quantitative estimate of drug-likeness (QED) is 0.865. The molecule has 106 valence electrons. The minimum atomic E-state index is -0.00144. The molecule has 3 rings (SSSR count). The number of fused-ring (bicyclic) bond motifs is 1. The summed E-state index contributed by atoms with van der Waals surface area (Å²) in [6.07, 6.45) is 3.35. The fraction of sp³-hybridized carbons (Fsp3) is 0.467. The zero-order valence-electron chi connectivity index (χ0n) is 11.5. The molecule has 2 aliphatic heterocycles. The lowest BCUT2D eigenvalue weighted by Crippen LogP contribution is -2.42. The SMILES string of the molecule is CC1CCCCN1C(=O)c1ccc2c(c1)NC(=O)CS2.